The van der Waals surface area contributed by atoms with E-state index in [0.717, 1.165) is 38.6 Å². The van der Waals surface area contributed by atoms with E-state index in [4.69, 9.17) is 0 Å². The molecule has 1 atom stereocenters. The third-order valence-corrected chi connectivity index (χ3v) is 4.91. The van der Waals surface area contributed by atoms with E-state index in [1.807, 2.05) is 0 Å². The first kappa shape index (κ1) is 17.9. The largest absolute Gasteiger partial charge is 0.348 e. The van der Waals surface area contributed by atoms with Crippen LogP contribution in [0.5, 0.6) is 0 Å². The van der Waals surface area contributed by atoms with Crippen LogP contribution in [-0.2, 0) is 11.3 Å². The number of hydrogen-bond acceptors (Lipinski definition) is 4. The van der Waals surface area contributed by atoms with Crippen molar-refractivity contribution >= 4 is 11.8 Å². The summed E-state index contributed by atoms with van der Waals surface area (Å²) in [4.78, 5) is 26.5. The predicted molar refractivity (Wildman–Crippen MR) is 93.9 cm³/mol. The Kier molecular flexibility index (Phi) is 5.71. The maximum absolute atomic E-state index is 12.5. The highest BCUT2D eigenvalue weighted by atomic mass is 16.2. The molecule has 3 rings (SSSR count). The second-order valence-electron chi connectivity index (χ2n) is 7.74. The molecule has 2 fully saturated rings. The molecule has 0 bridgehead atoms. The summed E-state index contributed by atoms with van der Waals surface area (Å²) < 4.78 is 1.72. The van der Waals surface area contributed by atoms with E-state index in [-0.39, 0.29) is 17.9 Å². The maximum atomic E-state index is 12.5. The number of rotatable bonds is 7. The van der Waals surface area contributed by atoms with Crippen LogP contribution in [0.25, 0.3) is 0 Å². The van der Waals surface area contributed by atoms with Crippen molar-refractivity contribution in [3.8, 4) is 0 Å². The van der Waals surface area contributed by atoms with E-state index in [2.05, 4.69) is 34.4 Å². The maximum Gasteiger partial charge on any atom is 0.273 e. The minimum absolute atomic E-state index is 0.139. The number of likely N-dealkylation sites (tertiary alicyclic amines) is 1. The zero-order valence-electron chi connectivity index (χ0n) is 15.3. The lowest BCUT2D eigenvalue weighted by Crippen LogP contribution is -2.44. The van der Waals surface area contributed by atoms with Crippen LogP contribution in [0, 0.1) is 5.92 Å². The third kappa shape index (κ3) is 5.03. The van der Waals surface area contributed by atoms with Crippen molar-refractivity contribution in [2.75, 3.05) is 6.54 Å². The van der Waals surface area contributed by atoms with E-state index >= 15 is 0 Å². The number of nitrogens with zero attached hydrogens (tertiary/aromatic N) is 4. The van der Waals surface area contributed by atoms with Gasteiger partial charge in [0.1, 0.15) is 0 Å². The van der Waals surface area contributed by atoms with Crippen LogP contribution in [0.1, 0.15) is 69.3 Å². The van der Waals surface area contributed by atoms with Crippen molar-refractivity contribution in [2.45, 2.75) is 77.4 Å². The lowest BCUT2D eigenvalue weighted by Gasteiger charge is -2.36. The van der Waals surface area contributed by atoms with Crippen LogP contribution < -0.4 is 5.32 Å². The van der Waals surface area contributed by atoms with Crippen molar-refractivity contribution in [1.82, 2.24) is 25.2 Å². The molecule has 1 saturated carbocycles. The number of piperidine rings is 1. The van der Waals surface area contributed by atoms with Gasteiger partial charge in [-0.05, 0) is 44.4 Å². The van der Waals surface area contributed by atoms with Crippen molar-refractivity contribution in [3.05, 3.63) is 11.9 Å². The Bertz CT molecular complexity index is 608. The van der Waals surface area contributed by atoms with Crippen LogP contribution in [0.3, 0.4) is 0 Å². The Balaban J connectivity index is 1.53. The molecule has 1 aromatic rings. The van der Waals surface area contributed by atoms with Crippen molar-refractivity contribution in [1.29, 1.82) is 0 Å². The number of nitrogens with one attached hydrogen (secondary N) is 1. The van der Waals surface area contributed by atoms with Crippen molar-refractivity contribution < 1.29 is 9.59 Å². The smallest absolute Gasteiger partial charge is 0.273 e. The molecule has 1 aliphatic carbocycles. The molecule has 138 valence electrons. The Hall–Kier alpha value is -1.92. The van der Waals surface area contributed by atoms with Gasteiger partial charge in [0.25, 0.3) is 5.91 Å². The van der Waals surface area contributed by atoms with Crippen LogP contribution in [-0.4, -0.2) is 50.3 Å². The zero-order valence-corrected chi connectivity index (χ0v) is 15.3. The molecule has 0 aromatic carbocycles. The Morgan fingerprint density at radius 1 is 1.28 bits per heavy atom. The molecule has 1 saturated heterocycles. The first-order valence-corrected chi connectivity index (χ1v) is 9.53. The lowest BCUT2D eigenvalue weighted by atomic mass is 9.97. The van der Waals surface area contributed by atoms with Crippen LogP contribution in [0.15, 0.2) is 6.20 Å². The van der Waals surface area contributed by atoms with E-state index in [0.29, 0.717) is 30.6 Å². The number of carbonyl (C=O) groups is 2. The molecule has 25 heavy (non-hydrogen) atoms. The van der Waals surface area contributed by atoms with Gasteiger partial charge < -0.3 is 10.2 Å². The molecule has 1 aromatic heterocycles. The molecule has 2 heterocycles. The molecule has 7 nitrogen and oxygen atoms in total. The normalized spacial score (nSPS) is 20.8. The molecule has 1 unspecified atom stereocenters. The second-order valence-corrected chi connectivity index (χ2v) is 7.74. The van der Waals surface area contributed by atoms with Gasteiger partial charge in [-0.3, -0.25) is 14.3 Å². The van der Waals surface area contributed by atoms with Crippen LogP contribution in [0.4, 0.5) is 0 Å². The number of aromatic nitrogens is 3. The van der Waals surface area contributed by atoms with Gasteiger partial charge in [0, 0.05) is 31.6 Å². The fourth-order valence-electron chi connectivity index (χ4n) is 3.38. The minimum Gasteiger partial charge on any atom is -0.348 e. The first-order chi connectivity index (χ1) is 12.0. The van der Waals surface area contributed by atoms with Gasteiger partial charge in [-0.15, -0.1) is 5.10 Å². The zero-order chi connectivity index (χ0) is 17.8. The summed E-state index contributed by atoms with van der Waals surface area (Å²) in [6.07, 6.45) is 8.61. The average Bonchev–Trinajstić information content (AvgIpc) is 3.26. The summed E-state index contributed by atoms with van der Waals surface area (Å²) in [6.45, 7) is 5.71. The second kappa shape index (κ2) is 7.97. The standard InChI is InChI=1S/C18H29N5O2/c1-13(2)11-17(24)23-9-4-3-5-15(23)8-10-22-12-16(20-21-22)18(25)19-14-6-7-14/h12-15H,3-11H2,1-2H3,(H,19,25). The van der Waals surface area contributed by atoms with E-state index in [1.165, 1.54) is 6.42 Å². The Morgan fingerprint density at radius 3 is 2.80 bits per heavy atom. The summed E-state index contributed by atoms with van der Waals surface area (Å²) in [6, 6.07) is 0.591. The van der Waals surface area contributed by atoms with Gasteiger partial charge in [0.15, 0.2) is 5.69 Å². The SMILES string of the molecule is CC(C)CC(=O)N1CCCCC1CCn1cc(C(=O)NC2CC2)nn1. The van der Waals surface area contributed by atoms with Gasteiger partial charge in [-0.2, -0.15) is 0 Å². The molecule has 0 radical (unpaired) electrons. The van der Waals surface area contributed by atoms with Gasteiger partial charge in [0.05, 0.1) is 6.20 Å². The van der Waals surface area contributed by atoms with Crippen molar-refractivity contribution in [2.24, 2.45) is 5.92 Å². The van der Waals surface area contributed by atoms with E-state index in [9.17, 15) is 9.59 Å². The molecule has 2 aliphatic rings. The highest BCUT2D eigenvalue weighted by Gasteiger charge is 2.27. The Labute approximate surface area is 149 Å². The van der Waals surface area contributed by atoms with Gasteiger partial charge >= 0.3 is 0 Å². The number of amides is 2. The summed E-state index contributed by atoms with van der Waals surface area (Å²) in [7, 11) is 0. The fraction of sp³-hybridized carbons (Fsp3) is 0.778. The monoisotopic (exact) mass is 347 g/mol. The number of hydrogen-bond donors (Lipinski definition) is 1. The number of carbonyl (C=O) groups excluding carboxylic acids is 2. The first-order valence-electron chi connectivity index (χ1n) is 9.53. The number of aryl methyl sites for hydroxylation is 1. The van der Waals surface area contributed by atoms with E-state index < -0.39 is 0 Å². The van der Waals surface area contributed by atoms with Crippen LogP contribution >= 0.6 is 0 Å². The molecule has 0 spiro atoms. The summed E-state index contributed by atoms with van der Waals surface area (Å²) in [5.41, 5.74) is 0.378. The highest BCUT2D eigenvalue weighted by Crippen LogP contribution is 2.22. The van der Waals surface area contributed by atoms with Crippen LogP contribution in [0.2, 0.25) is 0 Å². The van der Waals surface area contributed by atoms with E-state index in [1.54, 1.807) is 10.9 Å². The van der Waals surface area contributed by atoms with Gasteiger partial charge in [-0.25, -0.2) is 0 Å². The van der Waals surface area contributed by atoms with Gasteiger partial charge in [0.2, 0.25) is 5.91 Å². The predicted octanol–water partition coefficient (Wildman–Crippen LogP) is 1.99. The molecular weight excluding hydrogens is 318 g/mol. The lowest BCUT2D eigenvalue weighted by molar-refractivity contribution is -0.135. The molecule has 2 amide bonds. The summed E-state index contributed by atoms with van der Waals surface area (Å²) >= 11 is 0. The molecule has 1 aliphatic heterocycles. The van der Waals surface area contributed by atoms with Gasteiger partial charge in [-0.1, -0.05) is 19.1 Å². The fourth-order valence-corrected chi connectivity index (χ4v) is 3.38. The summed E-state index contributed by atoms with van der Waals surface area (Å²) in [5.74, 6) is 0.515. The quantitative estimate of drug-likeness (QED) is 0.818. The topological polar surface area (TPSA) is 80.1 Å². The third-order valence-electron chi connectivity index (χ3n) is 4.91. The minimum atomic E-state index is -0.139. The molecule has 1 N–H and O–H groups in total. The Morgan fingerprint density at radius 2 is 2.08 bits per heavy atom. The molecule has 7 heteroatoms. The highest BCUT2D eigenvalue weighted by molar-refractivity contribution is 5.92. The summed E-state index contributed by atoms with van der Waals surface area (Å²) in [5, 5.41) is 11.0. The van der Waals surface area contributed by atoms with Crippen molar-refractivity contribution in [3.63, 3.8) is 0 Å². The molecular formula is C18H29N5O2. The average molecular weight is 347 g/mol.